The van der Waals surface area contributed by atoms with Gasteiger partial charge in [0.1, 0.15) is 18.1 Å². The van der Waals surface area contributed by atoms with Crippen LogP contribution in [0, 0.1) is 0 Å². The first kappa shape index (κ1) is 20.6. The predicted octanol–water partition coefficient (Wildman–Crippen LogP) is 5.31. The van der Waals surface area contributed by atoms with Crippen molar-refractivity contribution >= 4 is 40.7 Å². The van der Waals surface area contributed by atoms with Crippen LogP contribution in [0.1, 0.15) is 28.9 Å². The van der Waals surface area contributed by atoms with E-state index in [-0.39, 0.29) is 18.3 Å². The average molecular weight is 443 g/mol. The van der Waals surface area contributed by atoms with E-state index in [4.69, 9.17) is 44.0 Å². The summed E-state index contributed by atoms with van der Waals surface area (Å²) in [5.41, 5.74) is 0.771. The molecule has 2 heterocycles. The number of nitrogens with zero attached hydrogens (tertiary/aromatic N) is 3. The third-order valence-corrected chi connectivity index (χ3v) is 4.91. The Bertz CT molecular complexity index is 984. The number of amides is 1. The van der Waals surface area contributed by atoms with E-state index in [1.807, 2.05) is 6.92 Å². The lowest BCUT2D eigenvalue weighted by atomic mass is 10.3. The maximum Gasteiger partial charge on any atom is 0.289 e. The second-order valence-electron chi connectivity index (χ2n) is 6.05. The lowest BCUT2D eigenvalue weighted by molar-refractivity contribution is 0.0745. The van der Waals surface area contributed by atoms with E-state index in [1.165, 1.54) is 4.90 Å². The molecule has 6 nitrogen and oxygen atoms in total. The molecule has 0 radical (unpaired) electrons. The van der Waals surface area contributed by atoms with Gasteiger partial charge in [0.2, 0.25) is 0 Å². The van der Waals surface area contributed by atoms with Gasteiger partial charge in [-0.05, 0) is 37.3 Å². The van der Waals surface area contributed by atoms with Gasteiger partial charge in [0, 0.05) is 18.6 Å². The first-order valence-corrected chi connectivity index (χ1v) is 9.64. The molecule has 0 saturated heterocycles. The van der Waals surface area contributed by atoms with Crippen LogP contribution in [0.4, 0.5) is 0 Å². The first-order valence-electron chi connectivity index (χ1n) is 8.51. The zero-order valence-electron chi connectivity index (χ0n) is 15.3. The third kappa shape index (κ3) is 4.63. The second kappa shape index (κ2) is 8.90. The molecule has 28 heavy (non-hydrogen) atoms. The van der Waals surface area contributed by atoms with Crippen LogP contribution in [0.2, 0.25) is 15.1 Å². The Labute approximate surface area is 177 Å². The molecule has 0 unspecified atom stereocenters. The zero-order chi connectivity index (χ0) is 20.3. The van der Waals surface area contributed by atoms with Gasteiger partial charge < -0.3 is 14.1 Å². The van der Waals surface area contributed by atoms with Crippen LogP contribution in [0.25, 0.3) is 0 Å². The van der Waals surface area contributed by atoms with E-state index in [0.29, 0.717) is 39.7 Å². The van der Waals surface area contributed by atoms with E-state index >= 15 is 0 Å². The van der Waals surface area contributed by atoms with Crippen LogP contribution in [0.15, 0.2) is 40.9 Å². The summed E-state index contributed by atoms with van der Waals surface area (Å²) in [5.74, 6) is 0.923. The number of aromatic nitrogens is 2. The number of hydrogen-bond donors (Lipinski definition) is 0. The van der Waals surface area contributed by atoms with E-state index in [0.717, 1.165) is 5.69 Å². The normalized spacial score (nSPS) is 10.9. The number of hydrogen-bond acceptors (Lipinski definition) is 4. The van der Waals surface area contributed by atoms with Crippen molar-refractivity contribution in [1.82, 2.24) is 14.7 Å². The molecule has 0 aliphatic rings. The summed E-state index contributed by atoms with van der Waals surface area (Å²) in [6.07, 6.45) is 1.57. The SMILES string of the molecule is CCn1ncc(Cl)c1CN(C)C(=O)c1ccc(COc2ccc(Cl)cc2Cl)o1. The molecular weight excluding hydrogens is 425 g/mol. The van der Waals surface area contributed by atoms with Gasteiger partial charge in [0.25, 0.3) is 5.91 Å². The average Bonchev–Trinajstić information content (AvgIpc) is 3.27. The first-order chi connectivity index (χ1) is 13.4. The van der Waals surface area contributed by atoms with Crippen molar-refractivity contribution in [2.45, 2.75) is 26.6 Å². The zero-order valence-corrected chi connectivity index (χ0v) is 17.6. The van der Waals surface area contributed by atoms with Crippen molar-refractivity contribution in [1.29, 1.82) is 0 Å². The van der Waals surface area contributed by atoms with E-state index in [2.05, 4.69) is 5.10 Å². The summed E-state index contributed by atoms with van der Waals surface area (Å²) < 4.78 is 13.0. The van der Waals surface area contributed by atoms with Gasteiger partial charge in [-0.1, -0.05) is 34.8 Å². The molecule has 3 rings (SSSR count). The monoisotopic (exact) mass is 441 g/mol. The fraction of sp³-hybridized carbons (Fsp3) is 0.263. The Morgan fingerprint density at radius 3 is 2.71 bits per heavy atom. The van der Waals surface area contributed by atoms with Crippen molar-refractivity contribution in [2.75, 3.05) is 7.05 Å². The van der Waals surface area contributed by atoms with Gasteiger partial charge in [0.15, 0.2) is 5.76 Å². The Balaban J connectivity index is 1.64. The third-order valence-electron chi connectivity index (χ3n) is 4.07. The summed E-state index contributed by atoms with van der Waals surface area (Å²) >= 11 is 18.1. The van der Waals surface area contributed by atoms with Crippen LogP contribution in [-0.2, 0) is 19.7 Å². The Morgan fingerprint density at radius 2 is 2.00 bits per heavy atom. The largest absolute Gasteiger partial charge is 0.484 e. The minimum atomic E-state index is -0.268. The van der Waals surface area contributed by atoms with Crippen LogP contribution >= 0.6 is 34.8 Å². The van der Waals surface area contributed by atoms with Gasteiger partial charge in [-0.2, -0.15) is 5.10 Å². The summed E-state index contributed by atoms with van der Waals surface area (Å²) in [6, 6.07) is 8.25. The highest BCUT2D eigenvalue weighted by molar-refractivity contribution is 6.35. The number of rotatable bonds is 7. The van der Waals surface area contributed by atoms with Crippen LogP contribution in [-0.4, -0.2) is 27.6 Å². The number of furan rings is 1. The number of carbonyl (C=O) groups is 1. The molecule has 1 amide bonds. The predicted molar refractivity (Wildman–Crippen MR) is 108 cm³/mol. The summed E-state index contributed by atoms with van der Waals surface area (Å²) in [6.45, 7) is 3.07. The molecule has 3 aromatic rings. The number of carbonyl (C=O) groups excluding carboxylic acids is 1. The van der Waals surface area contributed by atoms with Gasteiger partial charge in [-0.3, -0.25) is 9.48 Å². The highest BCUT2D eigenvalue weighted by atomic mass is 35.5. The molecule has 0 bridgehead atoms. The molecule has 0 aliphatic heterocycles. The number of benzene rings is 1. The fourth-order valence-electron chi connectivity index (χ4n) is 2.61. The maximum atomic E-state index is 12.6. The van der Waals surface area contributed by atoms with E-state index < -0.39 is 0 Å². The van der Waals surface area contributed by atoms with Crippen molar-refractivity contribution in [2.24, 2.45) is 0 Å². The number of aryl methyl sites for hydroxylation is 1. The standard InChI is InChI=1S/C19H18Cl3N3O3/c1-3-25-16(15(22)9-23-25)10-24(2)19(26)18-7-5-13(28-18)11-27-17-6-4-12(20)8-14(17)21/h4-9H,3,10-11H2,1-2H3. The lowest BCUT2D eigenvalue weighted by Crippen LogP contribution is -2.27. The van der Waals surface area contributed by atoms with Crippen molar-refractivity contribution in [3.8, 4) is 5.75 Å². The van der Waals surface area contributed by atoms with Gasteiger partial charge in [-0.25, -0.2) is 0 Å². The molecule has 0 aliphatic carbocycles. The van der Waals surface area contributed by atoms with Crippen LogP contribution in [0.3, 0.4) is 0 Å². The molecule has 2 aromatic heterocycles. The summed E-state index contributed by atoms with van der Waals surface area (Å²) in [7, 11) is 1.68. The molecule has 0 N–H and O–H groups in total. The Hall–Kier alpha value is -2.15. The van der Waals surface area contributed by atoms with Crippen molar-refractivity contribution in [3.63, 3.8) is 0 Å². The maximum absolute atomic E-state index is 12.6. The Kier molecular flexibility index (Phi) is 6.54. The molecular formula is C19H18Cl3N3O3. The van der Waals surface area contributed by atoms with E-state index in [1.54, 1.807) is 48.3 Å². The smallest absolute Gasteiger partial charge is 0.289 e. The lowest BCUT2D eigenvalue weighted by Gasteiger charge is -2.16. The molecule has 148 valence electrons. The molecule has 0 saturated carbocycles. The highest BCUT2D eigenvalue weighted by Gasteiger charge is 2.19. The fourth-order valence-corrected chi connectivity index (χ4v) is 3.28. The molecule has 0 fully saturated rings. The molecule has 9 heteroatoms. The molecule has 0 spiro atoms. The minimum Gasteiger partial charge on any atom is -0.484 e. The highest BCUT2D eigenvalue weighted by Crippen LogP contribution is 2.28. The summed E-state index contributed by atoms with van der Waals surface area (Å²) in [5, 5.41) is 5.63. The quantitative estimate of drug-likeness (QED) is 0.498. The van der Waals surface area contributed by atoms with Crippen LogP contribution in [0.5, 0.6) is 5.75 Å². The molecule has 1 aromatic carbocycles. The summed E-state index contributed by atoms with van der Waals surface area (Å²) in [4.78, 5) is 14.2. The van der Waals surface area contributed by atoms with Crippen molar-refractivity contribution in [3.05, 3.63) is 68.8 Å². The van der Waals surface area contributed by atoms with Gasteiger partial charge in [-0.15, -0.1) is 0 Å². The minimum absolute atomic E-state index is 0.132. The van der Waals surface area contributed by atoms with Gasteiger partial charge >= 0.3 is 0 Å². The number of halogens is 3. The topological polar surface area (TPSA) is 60.5 Å². The Morgan fingerprint density at radius 1 is 1.21 bits per heavy atom. The number of ether oxygens (including phenoxy) is 1. The second-order valence-corrected chi connectivity index (χ2v) is 7.30. The van der Waals surface area contributed by atoms with Crippen LogP contribution < -0.4 is 4.74 Å². The molecule has 0 atom stereocenters. The van der Waals surface area contributed by atoms with Crippen molar-refractivity contribution < 1.29 is 13.9 Å². The van der Waals surface area contributed by atoms with E-state index in [9.17, 15) is 4.79 Å². The van der Waals surface area contributed by atoms with Gasteiger partial charge in [0.05, 0.1) is 28.5 Å².